The van der Waals surface area contributed by atoms with E-state index in [2.05, 4.69) is 13.2 Å². The van der Waals surface area contributed by atoms with Gasteiger partial charge in [-0.25, -0.2) is 9.59 Å². The monoisotopic (exact) mass is 226 g/mol. The molecule has 0 rings (SSSR count). The van der Waals surface area contributed by atoms with Gasteiger partial charge < -0.3 is 9.47 Å². The second-order valence-electron chi connectivity index (χ2n) is 4.10. The number of esters is 2. The molecule has 0 aromatic rings. The van der Waals surface area contributed by atoms with E-state index in [1.54, 1.807) is 0 Å². The average Bonchev–Trinajstić information content (AvgIpc) is 2.25. The van der Waals surface area contributed by atoms with Crippen LogP contribution in [0.3, 0.4) is 0 Å². The van der Waals surface area contributed by atoms with Gasteiger partial charge >= 0.3 is 11.9 Å². The zero-order chi connectivity index (χ0) is 12.6. The Balaban J connectivity index is 3.86. The van der Waals surface area contributed by atoms with Gasteiger partial charge in [0.2, 0.25) is 0 Å². The fourth-order valence-electron chi connectivity index (χ4n) is 0.884. The molecule has 0 saturated carbocycles. The molecule has 0 saturated heterocycles. The summed E-state index contributed by atoms with van der Waals surface area (Å²) in [5.41, 5.74) is -0.236. The maximum Gasteiger partial charge on any atom is 0.330 e. The zero-order valence-corrected chi connectivity index (χ0v) is 9.82. The fourth-order valence-corrected chi connectivity index (χ4v) is 0.884. The standard InChI is InChI=1S/C12H18O4/c1-5-10(13)15-8-7-12(3,4)9-16-11(14)6-2/h5-6H,1-2,7-9H2,3-4H3. The average molecular weight is 226 g/mol. The number of carbonyl (C=O) groups is 2. The van der Waals surface area contributed by atoms with Gasteiger partial charge in [-0.15, -0.1) is 0 Å². The summed E-state index contributed by atoms with van der Waals surface area (Å²) in [4.78, 5) is 21.6. The maximum absolute atomic E-state index is 10.8. The molecule has 4 nitrogen and oxygen atoms in total. The van der Waals surface area contributed by atoms with E-state index in [0.29, 0.717) is 6.42 Å². The minimum Gasteiger partial charge on any atom is -0.463 e. The van der Waals surface area contributed by atoms with Gasteiger partial charge in [0, 0.05) is 17.6 Å². The van der Waals surface area contributed by atoms with Gasteiger partial charge in [0.15, 0.2) is 0 Å². The van der Waals surface area contributed by atoms with Crippen LogP contribution in [-0.2, 0) is 19.1 Å². The third-order valence-corrected chi connectivity index (χ3v) is 1.96. The lowest BCUT2D eigenvalue weighted by molar-refractivity contribution is -0.143. The first-order valence-corrected chi connectivity index (χ1v) is 4.99. The summed E-state index contributed by atoms with van der Waals surface area (Å²) in [6.45, 7) is 11.0. The molecule has 0 radical (unpaired) electrons. The van der Waals surface area contributed by atoms with Gasteiger partial charge in [-0.05, 0) is 6.42 Å². The molecule has 16 heavy (non-hydrogen) atoms. The third-order valence-electron chi connectivity index (χ3n) is 1.96. The van der Waals surface area contributed by atoms with E-state index in [9.17, 15) is 9.59 Å². The number of hydrogen-bond donors (Lipinski definition) is 0. The first-order valence-electron chi connectivity index (χ1n) is 4.99. The highest BCUT2D eigenvalue weighted by atomic mass is 16.5. The summed E-state index contributed by atoms with van der Waals surface area (Å²) in [6.07, 6.45) is 2.84. The van der Waals surface area contributed by atoms with Crippen molar-refractivity contribution in [2.24, 2.45) is 5.41 Å². The number of ether oxygens (including phenoxy) is 2. The van der Waals surface area contributed by atoms with Crippen LogP contribution < -0.4 is 0 Å². The molecule has 0 N–H and O–H groups in total. The van der Waals surface area contributed by atoms with Crippen LogP contribution in [0.5, 0.6) is 0 Å². The maximum atomic E-state index is 10.8. The van der Waals surface area contributed by atoms with Crippen molar-refractivity contribution in [3.8, 4) is 0 Å². The van der Waals surface area contributed by atoms with Crippen LogP contribution in [0.25, 0.3) is 0 Å². The summed E-state index contributed by atoms with van der Waals surface area (Å²) in [6, 6.07) is 0. The lowest BCUT2D eigenvalue weighted by Crippen LogP contribution is -2.23. The smallest absolute Gasteiger partial charge is 0.330 e. The van der Waals surface area contributed by atoms with E-state index in [1.165, 1.54) is 0 Å². The highest BCUT2D eigenvalue weighted by molar-refractivity contribution is 5.81. The zero-order valence-electron chi connectivity index (χ0n) is 9.82. The van der Waals surface area contributed by atoms with Gasteiger partial charge in [-0.1, -0.05) is 27.0 Å². The molecule has 0 aromatic carbocycles. The Hall–Kier alpha value is -1.58. The molecule has 0 aliphatic carbocycles. The van der Waals surface area contributed by atoms with Gasteiger partial charge in [0.1, 0.15) is 0 Å². The highest BCUT2D eigenvalue weighted by Crippen LogP contribution is 2.20. The predicted molar refractivity (Wildman–Crippen MR) is 60.7 cm³/mol. The first-order chi connectivity index (χ1) is 7.41. The second-order valence-corrected chi connectivity index (χ2v) is 4.10. The van der Waals surface area contributed by atoms with Crippen LogP contribution in [0, 0.1) is 5.41 Å². The molecule has 0 bridgehead atoms. The van der Waals surface area contributed by atoms with E-state index < -0.39 is 11.9 Å². The van der Waals surface area contributed by atoms with Crippen molar-refractivity contribution in [3.63, 3.8) is 0 Å². The van der Waals surface area contributed by atoms with E-state index in [-0.39, 0.29) is 18.6 Å². The quantitative estimate of drug-likeness (QED) is 0.491. The Morgan fingerprint density at radius 3 is 2.12 bits per heavy atom. The van der Waals surface area contributed by atoms with Crippen molar-refractivity contribution in [2.75, 3.05) is 13.2 Å². The van der Waals surface area contributed by atoms with Gasteiger partial charge in [0.25, 0.3) is 0 Å². The number of hydrogen-bond acceptors (Lipinski definition) is 4. The van der Waals surface area contributed by atoms with Crippen LogP contribution in [0.1, 0.15) is 20.3 Å². The molecule has 0 spiro atoms. The van der Waals surface area contributed by atoms with E-state index in [0.717, 1.165) is 12.2 Å². The molecule has 90 valence electrons. The van der Waals surface area contributed by atoms with E-state index >= 15 is 0 Å². The van der Waals surface area contributed by atoms with Crippen LogP contribution in [0.15, 0.2) is 25.3 Å². The molecular formula is C12H18O4. The Bertz CT molecular complexity index is 279. The van der Waals surface area contributed by atoms with Crippen LogP contribution in [-0.4, -0.2) is 25.2 Å². The van der Waals surface area contributed by atoms with E-state index in [4.69, 9.17) is 9.47 Å². The first kappa shape index (κ1) is 14.4. The molecule has 4 heteroatoms. The topological polar surface area (TPSA) is 52.6 Å². The highest BCUT2D eigenvalue weighted by Gasteiger charge is 2.20. The minimum absolute atomic E-state index is 0.236. The summed E-state index contributed by atoms with van der Waals surface area (Å²) >= 11 is 0. The lowest BCUT2D eigenvalue weighted by atomic mass is 9.91. The molecule has 0 unspecified atom stereocenters. The summed E-state index contributed by atoms with van der Waals surface area (Å²) in [7, 11) is 0. The van der Waals surface area contributed by atoms with E-state index in [1.807, 2.05) is 13.8 Å². The normalized spacial score (nSPS) is 10.4. The molecule has 0 aliphatic rings. The van der Waals surface area contributed by atoms with Crippen molar-refractivity contribution >= 4 is 11.9 Å². The summed E-state index contributed by atoms with van der Waals surface area (Å²) in [5.74, 6) is -0.893. The van der Waals surface area contributed by atoms with Crippen molar-refractivity contribution in [1.29, 1.82) is 0 Å². The fraction of sp³-hybridized carbons (Fsp3) is 0.500. The Kier molecular flexibility index (Phi) is 6.15. The molecule has 0 aliphatic heterocycles. The molecule has 0 amide bonds. The molecule has 0 fully saturated rings. The number of rotatable bonds is 7. The third kappa shape index (κ3) is 6.81. The molecule has 0 atom stereocenters. The molecular weight excluding hydrogens is 208 g/mol. The van der Waals surface area contributed by atoms with Crippen molar-refractivity contribution in [3.05, 3.63) is 25.3 Å². The van der Waals surface area contributed by atoms with Crippen molar-refractivity contribution in [2.45, 2.75) is 20.3 Å². The lowest BCUT2D eigenvalue weighted by Gasteiger charge is -2.23. The van der Waals surface area contributed by atoms with Crippen molar-refractivity contribution < 1.29 is 19.1 Å². The molecule has 0 heterocycles. The van der Waals surface area contributed by atoms with Gasteiger partial charge in [-0.2, -0.15) is 0 Å². The second kappa shape index (κ2) is 6.82. The van der Waals surface area contributed by atoms with Crippen LogP contribution in [0.4, 0.5) is 0 Å². The number of carbonyl (C=O) groups excluding carboxylic acids is 2. The van der Waals surface area contributed by atoms with Crippen LogP contribution >= 0.6 is 0 Å². The summed E-state index contributed by atoms with van der Waals surface area (Å²) in [5, 5.41) is 0. The Labute approximate surface area is 95.9 Å². The largest absolute Gasteiger partial charge is 0.463 e. The summed E-state index contributed by atoms with van der Waals surface area (Å²) < 4.78 is 9.76. The van der Waals surface area contributed by atoms with Gasteiger partial charge in [-0.3, -0.25) is 0 Å². The SMILES string of the molecule is C=CC(=O)OCCC(C)(C)COC(=O)C=C. The Morgan fingerprint density at radius 2 is 1.62 bits per heavy atom. The Morgan fingerprint density at radius 1 is 1.12 bits per heavy atom. The minimum atomic E-state index is -0.448. The van der Waals surface area contributed by atoms with Crippen LogP contribution in [0.2, 0.25) is 0 Å². The molecule has 0 aromatic heterocycles. The predicted octanol–water partition coefficient (Wildman–Crippen LogP) is 1.86. The van der Waals surface area contributed by atoms with Crippen molar-refractivity contribution in [1.82, 2.24) is 0 Å². The van der Waals surface area contributed by atoms with Gasteiger partial charge in [0.05, 0.1) is 13.2 Å².